The molecule has 0 spiro atoms. The maximum atomic E-state index is 13.4. The summed E-state index contributed by atoms with van der Waals surface area (Å²) in [4.78, 5) is 31.2. The largest absolute Gasteiger partial charge is 0.453 e. The lowest BCUT2D eigenvalue weighted by Gasteiger charge is -2.20. The van der Waals surface area contributed by atoms with Gasteiger partial charge in [0.2, 0.25) is 0 Å². The van der Waals surface area contributed by atoms with Crippen molar-refractivity contribution < 1.29 is 19.1 Å². The van der Waals surface area contributed by atoms with Crippen LogP contribution in [0.4, 0.5) is 9.59 Å². The number of carbonyl (C=O) groups excluding carboxylic acids is 2. The van der Waals surface area contributed by atoms with E-state index in [-0.39, 0.29) is 18.9 Å². The van der Waals surface area contributed by atoms with Crippen molar-refractivity contribution in [3.63, 3.8) is 0 Å². The summed E-state index contributed by atoms with van der Waals surface area (Å²) in [5, 5.41) is 26.5. The summed E-state index contributed by atoms with van der Waals surface area (Å²) in [6.07, 6.45) is 1.51. The van der Waals surface area contributed by atoms with Crippen LogP contribution in [-0.2, 0) is 11.3 Å². The molecule has 2 amide bonds. The van der Waals surface area contributed by atoms with Gasteiger partial charge in [0.05, 0.1) is 41.0 Å². The molecule has 0 atom stereocenters. The van der Waals surface area contributed by atoms with Gasteiger partial charge in [-0.3, -0.25) is 0 Å². The Kier molecular flexibility index (Phi) is 9.08. The fraction of sp³-hybridized carbons (Fsp3) is 0.300. The first kappa shape index (κ1) is 31.5. The summed E-state index contributed by atoms with van der Waals surface area (Å²) < 4.78 is 14.1. The number of alkyl carbamates (subject to hydrolysis) is 1. The van der Waals surface area contributed by atoms with E-state index in [4.69, 9.17) is 32.7 Å². The molecule has 15 heteroatoms. The zero-order valence-electron chi connectivity index (χ0n) is 24.9. The number of nitriles is 1. The van der Waals surface area contributed by atoms with Crippen molar-refractivity contribution in [2.24, 2.45) is 0 Å². The number of hydrogen-bond acceptors (Lipinski definition) is 9. The second-order valence-corrected chi connectivity index (χ2v) is 12.0. The Balaban J connectivity index is 1.35. The van der Waals surface area contributed by atoms with Gasteiger partial charge in [-0.05, 0) is 69.7 Å². The lowest BCUT2D eigenvalue weighted by Crippen LogP contribution is -2.41. The van der Waals surface area contributed by atoms with Crippen LogP contribution in [0.1, 0.15) is 38.4 Å². The number of carbonyl (C=O) groups is 2. The highest BCUT2D eigenvalue weighted by molar-refractivity contribution is 6.33. The molecule has 3 heterocycles. The van der Waals surface area contributed by atoms with Crippen LogP contribution in [0.5, 0.6) is 11.5 Å². The zero-order chi connectivity index (χ0) is 32.3. The molecule has 0 aliphatic rings. The van der Waals surface area contributed by atoms with Crippen molar-refractivity contribution >= 4 is 57.4 Å². The summed E-state index contributed by atoms with van der Waals surface area (Å²) in [5.74, 6) is 0.571. The summed E-state index contributed by atoms with van der Waals surface area (Å²) in [7, 11) is 1.64. The molecule has 3 aromatic heterocycles. The highest BCUT2D eigenvalue weighted by atomic mass is 35.5. The molecule has 0 unspecified atom stereocenters. The molecule has 5 aromatic rings. The van der Waals surface area contributed by atoms with E-state index in [0.717, 1.165) is 0 Å². The van der Waals surface area contributed by atoms with Gasteiger partial charge in [-0.25, -0.2) is 19.3 Å². The van der Waals surface area contributed by atoms with Gasteiger partial charge in [-0.15, -0.1) is 5.10 Å². The summed E-state index contributed by atoms with van der Waals surface area (Å²) in [6, 6.07) is 13.3. The molecule has 13 nitrogen and oxygen atoms in total. The minimum absolute atomic E-state index is 0.148. The second-order valence-electron chi connectivity index (χ2n) is 11.2. The van der Waals surface area contributed by atoms with Crippen molar-refractivity contribution in [1.29, 1.82) is 5.26 Å². The number of benzene rings is 2. The maximum absolute atomic E-state index is 13.4. The molecule has 0 radical (unpaired) electrons. The van der Waals surface area contributed by atoms with E-state index in [2.05, 4.69) is 25.7 Å². The lowest BCUT2D eigenvalue weighted by molar-refractivity contribution is 0.133. The SMILES string of the molecule is CN(CCCOC(=O)NC(C)(C)C)C(=O)n1nc(Cn2nnc3c(Oc4cc(Cl)cc(C#N)c4)c(Cl)ccc32)c2cccnc21. The van der Waals surface area contributed by atoms with Gasteiger partial charge >= 0.3 is 12.1 Å². The van der Waals surface area contributed by atoms with E-state index >= 15 is 0 Å². The monoisotopic (exact) mass is 649 g/mol. The molecule has 0 saturated heterocycles. The van der Waals surface area contributed by atoms with Gasteiger partial charge in [0, 0.05) is 35.7 Å². The van der Waals surface area contributed by atoms with Crippen molar-refractivity contribution in [3.8, 4) is 17.6 Å². The number of aromatic nitrogens is 6. The van der Waals surface area contributed by atoms with Crippen LogP contribution in [0.2, 0.25) is 10.0 Å². The number of nitrogens with one attached hydrogen (secondary N) is 1. The average molecular weight is 651 g/mol. The maximum Gasteiger partial charge on any atom is 0.407 e. The molecule has 232 valence electrons. The van der Waals surface area contributed by atoms with Crippen LogP contribution in [0.25, 0.3) is 22.1 Å². The van der Waals surface area contributed by atoms with E-state index in [0.29, 0.717) is 62.1 Å². The smallest absolute Gasteiger partial charge is 0.407 e. The fourth-order valence-corrected chi connectivity index (χ4v) is 4.89. The molecule has 45 heavy (non-hydrogen) atoms. The average Bonchev–Trinajstić information content (AvgIpc) is 3.57. The highest BCUT2D eigenvalue weighted by Gasteiger charge is 2.22. The first-order chi connectivity index (χ1) is 21.4. The fourth-order valence-electron chi connectivity index (χ4n) is 4.48. The first-order valence-corrected chi connectivity index (χ1v) is 14.6. The molecule has 0 fully saturated rings. The number of hydrogen-bond donors (Lipinski definition) is 1. The predicted octanol–water partition coefficient (Wildman–Crippen LogP) is 6.01. The lowest BCUT2D eigenvalue weighted by atomic mass is 10.1. The standard InChI is InChI=1S/C30H29Cl2N9O4/c1-30(2,3)35-28(42)44-12-6-11-39(4)29(43)41-27-21(7-5-10-34-27)23(37-41)17-40-24-9-8-22(32)26(25(24)36-38-40)45-20-14-18(16-33)13-19(31)15-20/h5,7-10,13-15H,6,11-12,17H2,1-4H3,(H,35,42). The minimum Gasteiger partial charge on any atom is -0.453 e. The Morgan fingerprint density at radius 2 is 1.96 bits per heavy atom. The number of rotatable bonds is 8. The minimum atomic E-state index is -0.512. The third-order valence-electron chi connectivity index (χ3n) is 6.49. The van der Waals surface area contributed by atoms with Crippen molar-refractivity contribution in [2.45, 2.75) is 39.3 Å². The van der Waals surface area contributed by atoms with E-state index in [1.165, 1.54) is 15.6 Å². The Hall–Kier alpha value is -4.93. The van der Waals surface area contributed by atoms with Gasteiger partial charge in [-0.2, -0.15) is 15.0 Å². The molecule has 0 aliphatic heterocycles. The Bertz CT molecular complexity index is 1940. The zero-order valence-corrected chi connectivity index (χ0v) is 26.4. The van der Waals surface area contributed by atoms with E-state index in [1.54, 1.807) is 48.3 Å². The van der Waals surface area contributed by atoms with E-state index in [1.807, 2.05) is 32.9 Å². The molecule has 0 aliphatic carbocycles. The molecule has 2 aromatic carbocycles. The van der Waals surface area contributed by atoms with Gasteiger partial charge in [0.1, 0.15) is 5.75 Å². The van der Waals surface area contributed by atoms with Crippen LogP contribution in [0.15, 0.2) is 48.7 Å². The van der Waals surface area contributed by atoms with E-state index < -0.39 is 17.7 Å². The first-order valence-electron chi connectivity index (χ1n) is 13.9. The highest BCUT2D eigenvalue weighted by Crippen LogP contribution is 2.37. The topological polar surface area (TPSA) is 153 Å². The third-order valence-corrected chi connectivity index (χ3v) is 7.00. The molecule has 5 rings (SSSR count). The molecular weight excluding hydrogens is 621 g/mol. The molecular formula is C30H29Cl2N9O4. The number of ether oxygens (including phenoxy) is 2. The summed E-state index contributed by atoms with van der Waals surface area (Å²) in [6.45, 7) is 6.22. The van der Waals surface area contributed by atoms with Crippen LogP contribution < -0.4 is 10.1 Å². The van der Waals surface area contributed by atoms with Crippen LogP contribution in [0.3, 0.4) is 0 Å². The summed E-state index contributed by atoms with van der Waals surface area (Å²) >= 11 is 12.6. The van der Waals surface area contributed by atoms with Gasteiger partial charge in [-0.1, -0.05) is 28.4 Å². The number of nitrogens with zero attached hydrogens (tertiary/aromatic N) is 8. The van der Waals surface area contributed by atoms with Crippen molar-refractivity contribution in [3.05, 3.63) is 70.0 Å². The molecule has 0 bridgehead atoms. The predicted molar refractivity (Wildman–Crippen MR) is 168 cm³/mol. The van der Waals surface area contributed by atoms with Crippen molar-refractivity contribution in [2.75, 3.05) is 20.2 Å². The van der Waals surface area contributed by atoms with E-state index in [9.17, 15) is 14.9 Å². The van der Waals surface area contributed by atoms with Gasteiger partial charge < -0.3 is 19.7 Å². The number of pyridine rings is 1. The van der Waals surface area contributed by atoms with Crippen LogP contribution in [-0.4, -0.2) is 72.5 Å². The van der Waals surface area contributed by atoms with Crippen molar-refractivity contribution in [1.82, 2.24) is 40.0 Å². The Labute approximate surface area is 268 Å². The quantitative estimate of drug-likeness (QED) is 0.199. The van der Waals surface area contributed by atoms with Gasteiger partial charge in [0.25, 0.3) is 0 Å². The third kappa shape index (κ3) is 7.25. The Morgan fingerprint density at radius 3 is 2.71 bits per heavy atom. The van der Waals surface area contributed by atoms with Gasteiger partial charge in [0.15, 0.2) is 16.9 Å². The number of fused-ring (bicyclic) bond motifs is 2. The summed E-state index contributed by atoms with van der Waals surface area (Å²) in [5.41, 5.74) is 1.84. The Morgan fingerprint density at radius 1 is 1.16 bits per heavy atom. The number of amides is 2. The molecule has 1 N–H and O–H groups in total. The number of halogens is 2. The van der Waals surface area contributed by atoms with Crippen LogP contribution >= 0.6 is 23.2 Å². The second kappa shape index (κ2) is 13.0. The van der Waals surface area contributed by atoms with Crippen LogP contribution in [0, 0.1) is 11.3 Å². The normalized spacial score (nSPS) is 11.4. The molecule has 0 saturated carbocycles.